The zero-order valence-electron chi connectivity index (χ0n) is 14.6. The number of carbonyl (C=O) groups excluding carboxylic acids is 1. The van der Waals surface area contributed by atoms with Crippen molar-refractivity contribution in [3.8, 4) is 6.07 Å². The molecule has 2 aromatic rings. The third-order valence-corrected chi connectivity index (χ3v) is 6.29. The van der Waals surface area contributed by atoms with Gasteiger partial charge < -0.3 is 4.90 Å². The fourth-order valence-corrected chi connectivity index (χ4v) is 4.52. The number of anilines is 2. The molecule has 0 spiro atoms. The number of halogens is 2. The van der Waals surface area contributed by atoms with E-state index >= 15 is 0 Å². The molecule has 1 amide bonds. The highest BCUT2D eigenvalue weighted by molar-refractivity contribution is 7.81. The number of hydrogen-bond acceptors (Lipinski definition) is 5. The Hall–Kier alpha value is -2.18. The summed E-state index contributed by atoms with van der Waals surface area (Å²) in [5.41, 5.74) is 0.0282. The van der Waals surface area contributed by atoms with Crippen LogP contribution in [0.2, 0.25) is 10.0 Å². The molecule has 1 heterocycles. The maximum Gasteiger partial charge on any atom is 0.259 e. The van der Waals surface area contributed by atoms with Gasteiger partial charge in [0.25, 0.3) is 5.91 Å². The van der Waals surface area contributed by atoms with Gasteiger partial charge >= 0.3 is 0 Å². The fourth-order valence-electron chi connectivity index (χ4n) is 2.97. The normalized spacial score (nSPS) is 16.0. The van der Waals surface area contributed by atoms with Gasteiger partial charge in [0.1, 0.15) is 11.6 Å². The predicted molar refractivity (Wildman–Crippen MR) is 113 cm³/mol. The van der Waals surface area contributed by atoms with Crippen molar-refractivity contribution >= 4 is 68.5 Å². The number of hydrogen-bond donors (Lipinski definition) is 1. The van der Waals surface area contributed by atoms with Gasteiger partial charge in [0, 0.05) is 5.69 Å². The first kappa shape index (κ1) is 20.6. The summed E-state index contributed by atoms with van der Waals surface area (Å²) in [5.74, 6) is -0.318. The lowest BCUT2D eigenvalue weighted by atomic mass is 10.0. The largest absolute Gasteiger partial charge is 0.303 e. The Labute approximate surface area is 178 Å². The summed E-state index contributed by atoms with van der Waals surface area (Å²) in [5, 5.41) is 9.48. The van der Waals surface area contributed by atoms with Crippen molar-refractivity contribution in [2.75, 3.05) is 9.80 Å². The molecule has 0 saturated carbocycles. The van der Waals surface area contributed by atoms with E-state index in [0.29, 0.717) is 11.4 Å². The Bertz CT molecular complexity index is 1130. The van der Waals surface area contributed by atoms with Crippen LogP contribution in [0.1, 0.15) is 19.4 Å². The number of amides is 1. The van der Waals surface area contributed by atoms with Crippen LogP contribution in [0.15, 0.2) is 41.3 Å². The molecule has 0 unspecified atom stereocenters. The van der Waals surface area contributed by atoms with Crippen LogP contribution in [-0.4, -0.2) is 25.0 Å². The van der Waals surface area contributed by atoms with E-state index in [2.05, 4.69) is 0 Å². The van der Waals surface area contributed by atoms with Gasteiger partial charge in [0.2, 0.25) is 0 Å². The minimum Gasteiger partial charge on any atom is -0.303 e. The number of thiol groups is 1. The minimum atomic E-state index is -2.92. The van der Waals surface area contributed by atoms with Crippen molar-refractivity contribution in [2.24, 2.45) is 0 Å². The van der Waals surface area contributed by atoms with Crippen molar-refractivity contribution in [3.63, 3.8) is 0 Å². The van der Waals surface area contributed by atoms with E-state index in [0.717, 1.165) is 0 Å². The quantitative estimate of drug-likeness (QED) is 0.562. The first-order valence-electron chi connectivity index (χ1n) is 7.92. The van der Waals surface area contributed by atoms with Crippen LogP contribution in [0, 0.1) is 11.3 Å². The molecule has 1 saturated heterocycles. The van der Waals surface area contributed by atoms with Crippen LogP contribution in [0.25, 0.3) is 0 Å². The van der Waals surface area contributed by atoms with Crippen molar-refractivity contribution in [3.05, 3.63) is 52.0 Å². The van der Waals surface area contributed by atoms with E-state index in [1.165, 1.54) is 29.2 Å². The first-order chi connectivity index (χ1) is 13.1. The molecular formula is C18H13Cl2N3O3S2. The van der Waals surface area contributed by atoms with Crippen LogP contribution < -0.4 is 9.80 Å². The van der Waals surface area contributed by atoms with Crippen molar-refractivity contribution < 1.29 is 13.2 Å². The number of benzene rings is 2. The lowest BCUT2D eigenvalue weighted by molar-refractivity contribution is -0.120. The zero-order chi connectivity index (χ0) is 20.8. The lowest BCUT2D eigenvalue weighted by Gasteiger charge is -2.29. The maximum absolute atomic E-state index is 13.1. The molecule has 6 nitrogen and oxygen atoms in total. The second kappa shape index (κ2) is 7.33. The van der Waals surface area contributed by atoms with Gasteiger partial charge in [-0.1, -0.05) is 23.2 Å². The first-order valence-corrected chi connectivity index (χ1v) is 10.3. The highest BCUT2D eigenvalue weighted by Crippen LogP contribution is 2.38. The van der Waals surface area contributed by atoms with Gasteiger partial charge in [-0.05, 0) is 62.5 Å². The van der Waals surface area contributed by atoms with E-state index < -0.39 is 16.2 Å². The Kier molecular flexibility index (Phi) is 5.38. The Balaban J connectivity index is 2.12. The summed E-state index contributed by atoms with van der Waals surface area (Å²) < 4.78 is 22.9. The number of nitrogens with zero attached hydrogens (tertiary/aromatic N) is 3. The van der Waals surface area contributed by atoms with Gasteiger partial charge in [0.15, 0.2) is 15.8 Å². The molecule has 1 fully saturated rings. The van der Waals surface area contributed by atoms with E-state index in [1.54, 1.807) is 30.9 Å². The Morgan fingerprint density at radius 1 is 1.07 bits per heavy atom. The molecule has 0 aromatic heterocycles. The van der Waals surface area contributed by atoms with E-state index in [9.17, 15) is 13.2 Å². The molecule has 0 radical (unpaired) electrons. The van der Waals surface area contributed by atoms with E-state index in [-0.39, 0.29) is 31.5 Å². The van der Waals surface area contributed by atoms with Crippen LogP contribution in [0.3, 0.4) is 0 Å². The Morgan fingerprint density at radius 2 is 1.71 bits per heavy atom. The van der Waals surface area contributed by atoms with Crippen molar-refractivity contribution in [2.45, 2.75) is 24.3 Å². The molecule has 0 atom stereocenters. The van der Waals surface area contributed by atoms with Crippen molar-refractivity contribution in [1.82, 2.24) is 0 Å². The van der Waals surface area contributed by atoms with Gasteiger partial charge in [-0.3, -0.25) is 9.69 Å². The standard InChI is InChI=1S/C18H13Cl2N3O3S2/c1-18(2)16(24)22(11-4-3-10(9-21)14(20)7-11)17(27)23(18)12-5-6-13(19)15(8-12)28(25)26/h3-8,28H,1-2H3. The molecule has 1 aliphatic rings. The lowest BCUT2D eigenvalue weighted by Crippen LogP contribution is -2.44. The average Bonchev–Trinajstić information content (AvgIpc) is 2.80. The topological polar surface area (TPSA) is 81.5 Å². The smallest absolute Gasteiger partial charge is 0.259 e. The number of rotatable bonds is 3. The second-order valence-electron chi connectivity index (χ2n) is 6.49. The fraction of sp³-hybridized carbons (Fsp3) is 0.167. The summed E-state index contributed by atoms with van der Waals surface area (Å²) in [6, 6.07) is 11.0. The maximum atomic E-state index is 13.1. The average molecular weight is 454 g/mol. The molecule has 0 aliphatic carbocycles. The van der Waals surface area contributed by atoms with Gasteiger partial charge in [0.05, 0.1) is 26.2 Å². The molecule has 28 heavy (non-hydrogen) atoms. The van der Waals surface area contributed by atoms with Gasteiger partial charge in [-0.2, -0.15) is 5.26 Å². The molecule has 0 N–H and O–H groups in total. The number of thiocarbonyl (C=S) groups is 1. The summed E-state index contributed by atoms with van der Waals surface area (Å²) in [6.07, 6.45) is 0. The molecule has 144 valence electrons. The van der Waals surface area contributed by atoms with Crippen LogP contribution in [0.5, 0.6) is 0 Å². The number of carbonyl (C=O) groups is 1. The monoisotopic (exact) mass is 453 g/mol. The summed E-state index contributed by atoms with van der Waals surface area (Å²) >= 11 is 17.6. The highest BCUT2D eigenvalue weighted by Gasteiger charge is 2.50. The van der Waals surface area contributed by atoms with Crippen LogP contribution in [-0.2, 0) is 15.5 Å². The second-order valence-corrected chi connectivity index (χ2v) is 8.66. The Morgan fingerprint density at radius 3 is 2.29 bits per heavy atom. The van der Waals surface area contributed by atoms with Crippen LogP contribution in [0.4, 0.5) is 11.4 Å². The number of nitriles is 1. The van der Waals surface area contributed by atoms with Gasteiger partial charge in [-0.25, -0.2) is 8.42 Å². The molecule has 1 aliphatic heterocycles. The molecular weight excluding hydrogens is 441 g/mol. The molecule has 10 heteroatoms. The zero-order valence-corrected chi connectivity index (χ0v) is 17.9. The van der Waals surface area contributed by atoms with E-state index in [1.807, 2.05) is 6.07 Å². The third-order valence-electron chi connectivity index (χ3n) is 4.38. The summed E-state index contributed by atoms with van der Waals surface area (Å²) in [7, 11) is -2.92. The van der Waals surface area contributed by atoms with Crippen molar-refractivity contribution in [1.29, 1.82) is 5.26 Å². The molecule has 0 bridgehead atoms. The van der Waals surface area contributed by atoms with E-state index in [4.69, 9.17) is 40.7 Å². The SMILES string of the molecule is CC1(C)C(=O)N(c2ccc(C#N)c(Cl)c2)C(=S)N1c1ccc(Cl)c([SH](=O)=O)c1. The minimum absolute atomic E-state index is 0.0555. The molecule has 3 rings (SSSR count). The van der Waals surface area contributed by atoms with Crippen LogP contribution >= 0.6 is 35.4 Å². The van der Waals surface area contributed by atoms with Gasteiger partial charge in [-0.15, -0.1) is 0 Å². The summed E-state index contributed by atoms with van der Waals surface area (Å²) in [6.45, 7) is 3.36. The predicted octanol–water partition coefficient (Wildman–Crippen LogP) is 3.75. The summed E-state index contributed by atoms with van der Waals surface area (Å²) in [4.78, 5) is 15.9. The third kappa shape index (κ3) is 3.25. The molecule has 2 aromatic carbocycles. The highest BCUT2D eigenvalue weighted by atomic mass is 35.5.